The zero-order chi connectivity index (χ0) is 19.9. The third-order valence-electron chi connectivity index (χ3n) is 4.17. The highest BCUT2D eigenvalue weighted by Gasteiger charge is 2.22. The first-order chi connectivity index (χ1) is 13.6. The van der Waals surface area contributed by atoms with Crippen LogP contribution in [0.25, 0.3) is 11.4 Å². The topological polar surface area (TPSA) is 66.2 Å². The van der Waals surface area contributed by atoms with Gasteiger partial charge in [0.05, 0.1) is 12.2 Å². The smallest absolute Gasteiger partial charge is 0.336 e. The van der Waals surface area contributed by atoms with Crippen molar-refractivity contribution in [1.82, 2.24) is 14.8 Å². The second kappa shape index (κ2) is 9.23. The molecule has 0 aliphatic heterocycles. The van der Waals surface area contributed by atoms with E-state index in [1.807, 2.05) is 31.2 Å². The summed E-state index contributed by atoms with van der Waals surface area (Å²) in [6.45, 7) is 5.15. The van der Waals surface area contributed by atoms with Crippen LogP contribution in [0.1, 0.15) is 29.8 Å². The number of hydrogen-bond donors (Lipinski definition) is 0. The van der Waals surface area contributed by atoms with E-state index in [0.717, 1.165) is 16.7 Å². The van der Waals surface area contributed by atoms with Crippen molar-refractivity contribution in [1.29, 1.82) is 0 Å². The lowest BCUT2D eigenvalue weighted by Gasteiger charge is -2.06. The van der Waals surface area contributed by atoms with Gasteiger partial charge in [-0.25, -0.2) is 4.39 Å². The maximum Gasteiger partial charge on any atom is 0.336 e. The first-order valence-electron chi connectivity index (χ1n) is 9.20. The molecule has 0 saturated heterocycles. The van der Waals surface area contributed by atoms with E-state index in [-0.39, 0.29) is 18.2 Å². The summed E-state index contributed by atoms with van der Waals surface area (Å²) in [5, 5.41) is 4.16. The summed E-state index contributed by atoms with van der Waals surface area (Å²) in [6, 6.07) is 13.4. The number of carbonyl (C=O) groups is 1. The summed E-state index contributed by atoms with van der Waals surface area (Å²) in [5.41, 5.74) is 1.76. The standard InChI is InChI=1S/C21H22FN3O3/c1-3-15-9-11-16(12-10-15)19-23-21(28-14-13-27-4-2)24-25(19)20(26)17-7-5-6-8-18(17)22/h5-12H,3-4,13-14H2,1-2H3. The molecule has 3 aromatic rings. The van der Waals surface area contributed by atoms with Gasteiger partial charge >= 0.3 is 6.01 Å². The minimum atomic E-state index is -0.617. The molecular formula is C21H22FN3O3. The van der Waals surface area contributed by atoms with E-state index in [2.05, 4.69) is 17.0 Å². The van der Waals surface area contributed by atoms with Crippen LogP contribution in [0.2, 0.25) is 0 Å². The van der Waals surface area contributed by atoms with Crippen molar-refractivity contribution in [2.45, 2.75) is 20.3 Å². The molecule has 1 aromatic heterocycles. The average molecular weight is 383 g/mol. The van der Waals surface area contributed by atoms with Gasteiger partial charge in [0.25, 0.3) is 5.91 Å². The molecule has 0 spiro atoms. The number of ether oxygens (including phenoxy) is 2. The van der Waals surface area contributed by atoms with Crippen molar-refractivity contribution in [2.75, 3.05) is 19.8 Å². The van der Waals surface area contributed by atoms with Crippen LogP contribution in [0.4, 0.5) is 4.39 Å². The van der Waals surface area contributed by atoms with Crippen LogP contribution >= 0.6 is 0 Å². The highest BCUT2D eigenvalue weighted by molar-refractivity contribution is 5.97. The molecule has 7 heteroatoms. The van der Waals surface area contributed by atoms with Crippen LogP contribution in [-0.2, 0) is 11.2 Å². The molecule has 0 saturated carbocycles. The van der Waals surface area contributed by atoms with E-state index in [1.165, 1.54) is 18.2 Å². The molecule has 0 aliphatic rings. The molecule has 0 N–H and O–H groups in total. The minimum Gasteiger partial charge on any atom is -0.460 e. The van der Waals surface area contributed by atoms with Gasteiger partial charge in [-0.3, -0.25) is 4.79 Å². The number of aryl methyl sites for hydroxylation is 1. The van der Waals surface area contributed by atoms with Crippen LogP contribution in [0.3, 0.4) is 0 Å². The molecule has 0 radical (unpaired) electrons. The van der Waals surface area contributed by atoms with Gasteiger partial charge in [0.1, 0.15) is 12.4 Å². The summed E-state index contributed by atoms with van der Waals surface area (Å²) in [7, 11) is 0. The Bertz CT molecular complexity index is 938. The Morgan fingerprint density at radius 3 is 2.50 bits per heavy atom. The number of aromatic nitrogens is 3. The Morgan fingerprint density at radius 2 is 1.82 bits per heavy atom. The maximum absolute atomic E-state index is 14.1. The fraction of sp³-hybridized carbons (Fsp3) is 0.286. The number of carbonyl (C=O) groups excluding carboxylic acids is 1. The third-order valence-corrected chi connectivity index (χ3v) is 4.17. The van der Waals surface area contributed by atoms with Crippen LogP contribution in [-0.4, -0.2) is 40.5 Å². The Labute approximate surface area is 162 Å². The average Bonchev–Trinajstić information content (AvgIpc) is 3.15. The minimum absolute atomic E-state index is 0.0407. The van der Waals surface area contributed by atoms with Gasteiger partial charge in [0, 0.05) is 12.2 Å². The summed E-state index contributed by atoms with van der Waals surface area (Å²) in [4.78, 5) is 17.3. The Balaban J connectivity index is 1.96. The molecule has 3 rings (SSSR count). The number of halogens is 1. The first kappa shape index (κ1) is 19.7. The summed E-state index contributed by atoms with van der Waals surface area (Å²) >= 11 is 0. The van der Waals surface area contributed by atoms with Crippen molar-refractivity contribution in [3.05, 3.63) is 65.5 Å². The molecule has 0 aliphatic carbocycles. The van der Waals surface area contributed by atoms with E-state index in [1.54, 1.807) is 6.07 Å². The van der Waals surface area contributed by atoms with Crippen LogP contribution in [0.5, 0.6) is 6.01 Å². The van der Waals surface area contributed by atoms with E-state index < -0.39 is 11.7 Å². The third kappa shape index (κ3) is 4.43. The summed E-state index contributed by atoms with van der Waals surface area (Å²) < 4.78 is 25.9. The molecule has 0 atom stereocenters. The van der Waals surface area contributed by atoms with Crippen LogP contribution in [0.15, 0.2) is 48.5 Å². The van der Waals surface area contributed by atoms with Gasteiger partial charge in [0.2, 0.25) is 0 Å². The highest BCUT2D eigenvalue weighted by Crippen LogP contribution is 2.22. The maximum atomic E-state index is 14.1. The zero-order valence-corrected chi connectivity index (χ0v) is 15.9. The fourth-order valence-corrected chi connectivity index (χ4v) is 2.66. The molecule has 1 heterocycles. The molecular weight excluding hydrogens is 361 g/mol. The van der Waals surface area contributed by atoms with Crippen molar-refractivity contribution >= 4 is 5.91 Å². The summed E-state index contributed by atoms with van der Waals surface area (Å²) in [6.07, 6.45) is 0.896. The fourth-order valence-electron chi connectivity index (χ4n) is 2.66. The number of hydrogen-bond acceptors (Lipinski definition) is 5. The van der Waals surface area contributed by atoms with Crippen molar-refractivity contribution in [2.24, 2.45) is 0 Å². The zero-order valence-electron chi connectivity index (χ0n) is 15.9. The lowest BCUT2D eigenvalue weighted by Crippen LogP contribution is -2.17. The van der Waals surface area contributed by atoms with Gasteiger partial charge in [-0.15, -0.1) is 5.10 Å². The van der Waals surface area contributed by atoms with Gasteiger partial charge in [0.15, 0.2) is 5.82 Å². The molecule has 146 valence electrons. The Hall–Kier alpha value is -3.06. The normalized spacial score (nSPS) is 10.8. The Kier molecular flexibility index (Phi) is 6.49. The van der Waals surface area contributed by atoms with Crippen LogP contribution < -0.4 is 4.74 Å². The molecule has 0 fully saturated rings. The van der Waals surface area contributed by atoms with Gasteiger partial charge in [-0.05, 0) is 31.0 Å². The highest BCUT2D eigenvalue weighted by atomic mass is 19.1. The number of nitrogens with zero attached hydrogens (tertiary/aromatic N) is 3. The summed E-state index contributed by atoms with van der Waals surface area (Å²) in [5.74, 6) is -0.934. The molecule has 2 aromatic carbocycles. The van der Waals surface area contributed by atoms with E-state index in [0.29, 0.717) is 24.6 Å². The number of benzene rings is 2. The van der Waals surface area contributed by atoms with Crippen molar-refractivity contribution in [3.63, 3.8) is 0 Å². The van der Waals surface area contributed by atoms with E-state index in [9.17, 15) is 9.18 Å². The number of rotatable bonds is 8. The SMILES string of the molecule is CCOCCOc1nc(-c2ccc(CC)cc2)n(C(=O)c2ccccc2F)n1. The van der Waals surface area contributed by atoms with Crippen molar-refractivity contribution < 1.29 is 18.7 Å². The second-order valence-electron chi connectivity index (χ2n) is 6.01. The molecule has 0 bridgehead atoms. The molecule has 28 heavy (non-hydrogen) atoms. The van der Waals surface area contributed by atoms with Crippen LogP contribution in [0, 0.1) is 5.82 Å². The monoisotopic (exact) mass is 383 g/mol. The Morgan fingerprint density at radius 1 is 1.07 bits per heavy atom. The van der Waals surface area contributed by atoms with Gasteiger partial charge in [-0.2, -0.15) is 9.67 Å². The second-order valence-corrected chi connectivity index (χ2v) is 6.01. The largest absolute Gasteiger partial charge is 0.460 e. The molecule has 0 amide bonds. The first-order valence-corrected chi connectivity index (χ1v) is 9.20. The van der Waals surface area contributed by atoms with E-state index in [4.69, 9.17) is 9.47 Å². The van der Waals surface area contributed by atoms with Crippen molar-refractivity contribution in [3.8, 4) is 17.4 Å². The predicted molar refractivity (Wildman–Crippen MR) is 103 cm³/mol. The molecule has 0 unspecified atom stereocenters. The van der Waals surface area contributed by atoms with Gasteiger partial charge in [-0.1, -0.05) is 43.3 Å². The molecule has 6 nitrogen and oxygen atoms in total. The lowest BCUT2D eigenvalue weighted by molar-refractivity contribution is 0.0934. The van der Waals surface area contributed by atoms with E-state index >= 15 is 0 Å². The van der Waals surface area contributed by atoms with Gasteiger partial charge < -0.3 is 9.47 Å². The quantitative estimate of drug-likeness (QED) is 0.554. The predicted octanol–water partition coefficient (Wildman–Crippen LogP) is 3.75. The lowest BCUT2D eigenvalue weighted by atomic mass is 10.1.